The molecule has 0 aliphatic heterocycles. The Morgan fingerprint density at radius 1 is 1.26 bits per heavy atom. The lowest BCUT2D eigenvalue weighted by Crippen LogP contribution is -2.33. The van der Waals surface area contributed by atoms with Gasteiger partial charge in [-0.25, -0.2) is 13.8 Å². The van der Waals surface area contributed by atoms with Crippen molar-refractivity contribution in [1.82, 2.24) is 4.98 Å². The molecule has 108 valence electrons. The Kier molecular flexibility index (Phi) is 5.47. The average Bonchev–Trinajstić information content (AvgIpc) is 2.31. The third-order valence-electron chi connectivity index (χ3n) is 2.67. The highest BCUT2D eigenvalue weighted by Crippen LogP contribution is 2.23. The molecule has 6 heteroatoms. The molecule has 1 heterocycles. The van der Waals surface area contributed by atoms with Gasteiger partial charge < -0.3 is 15.7 Å². The van der Waals surface area contributed by atoms with Crippen LogP contribution >= 0.6 is 0 Å². The Morgan fingerprint density at radius 2 is 1.89 bits per heavy atom. The van der Waals surface area contributed by atoms with Gasteiger partial charge in [0, 0.05) is 24.8 Å². The van der Waals surface area contributed by atoms with Crippen molar-refractivity contribution in [3.8, 4) is 0 Å². The fourth-order valence-corrected chi connectivity index (χ4v) is 1.58. The summed E-state index contributed by atoms with van der Waals surface area (Å²) in [5, 5.41) is 14.6. The van der Waals surface area contributed by atoms with Crippen molar-refractivity contribution >= 4 is 11.6 Å². The van der Waals surface area contributed by atoms with E-state index in [0.29, 0.717) is 13.0 Å². The van der Waals surface area contributed by atoms with Gasteiger partial charge in [0.15, 0.2) is 23.3 Å². The minimum Gasteiger partial charge on any atom is -0.396 e. The summed E-state index contributed by atoms with van der Waals surface area (Å²) in [7, 11) is 0. The maximum absolute atomic E-state index is 13.7. The smallest absolute Gasteiger partial charge is 0.168 e. The zero-order valence-corrected chi connectivity index (χ0v) is 11.6. The predicted octanol–water partition coefficient (Wildman–Crippen LogP) is 2.75. The van der Waals surface area contributed by atoms with Crippen LogP contribution in [0.15, 0.2) is 6.07 Å². The number of anilines is 2. The molecule has 0 fully saturated rings. The van der Waals surface area contributed by atoms with E-state index in [1.54, 1.807) is 0 Å². The number of nitrogens with one attached hydrogen (secondary N) is 2. The summed E-state index contributed by atoms with van der Waals surface area (Å²) in [5.74, 6) is -1.44. The van der Waals surface area contributed by atoms with Crippen molar-refractivity contribution in [2.45, 2.75) is 39.2 Å². The first kappa shape index (κ1) is 15.6. The van der Waals surface area contributed by atoms with Crippen LogP contribution in [0.3, 0.4) is 0 Å². The molecular weight excluding hydrogens is 252 g/mol. The molecule has 1 rings (SSSR count). The largest absolute Gasteiger partial charge is 0.396 e. The Labute approximate surface area is 112 Å². The van der Waals surface area contributed by atoms with Crippen molar-refractivity contribution < 1.29 is 13.9 Å². The van der Waals surface area contributed by atoms with E-state index in [0.717, 1.165) is 12.5 Å². The summed E-state index contributed by atoms with van der Waals surface area (Å²) in [5.41, 5.74) is -0.525. The fourth-order valence-electron chi connectivity index (χ4n) is 1.58. The number of halogens is 2. The van der Waals surface area contributed by atoms with Gasteiger partial charge in [-0.15, -0.1) is 0 Å². The molecule has 3 N–H and O–H groups in total. The maximum Gasteiger partial charge on any atom is 0.168 e. The highest BCUT2D eigenvalue weighted by atomic mass is 19.1. The number of aromatic nitrogens is 1. The SMILES string of the molecule is CCCNc1nc(NC(C)(C)CCO)c(F)cc1F. The van der Waals surface area contributed by atoms with Crippen molar-refractivity contribution in [2.24, 2.45) is 0 Å². The molecule has 0 spiro atoms. The normalized spacial score (nSPS) is 11.5. The predicted molar refractivity (Wildman–Crippen MR) is 72.3 cm³/mol. The van der Waals surface area contributed by atoms with Crippen molar-refractivity contribution in [3.63, 3.8) is 0 Å². The number of aliphatic hydroxyl groups is 1. The van der Waals surface area contributed by atoms with Gasteiger partial charge in [-0.3, -0.25) is 0 Å². The standard InChI is InChI=1S/C13H21F2N3O/c1-4-6-16-11-9(14)8-10(15)12(17-11)18-13(2,3)5-7-19/h8,19H,4-7H2,1-3H3,(H2,16,17,18). The van der Waals surface area contributed by atoms with E-state index >= 15 is 0 Å². The van der Waals surface area contributed by atoms with Gasteiger partial charge in [0.05, 0.1) is 0 Å². The Balaban J connectivity index is 2.94. The third-order valence-corrected chi connectivity index (χ3v) is 2.67. The van der Waals surface area contributed by atoms with Gasteiger partial charge in [-0.05, 0) is 26.7 Å². The van der Waals surface area contributed by atoms with Crippen molar-refractivity contribution in [2.75, 3.05) is 23.8 Å². The lowest BCUT2D eigenvalue weighted by Gasteiger charge is -2.26. The molecule has 19 heavy (non-hydrogen) atoms. The van der Waals surface area contributed by atoms with Crippen LogP contribution in [0.2, 0.25) is 0 Å². The zero-order valence-electron chi connectivity index (χ0n) is 11.6. The Morgan fingerprint density at radius 3 is 2.47 bits per heavy atom. The summed E-state index contributed by atoms with van der Waals surface area (Å²) in [6, 6.07) is 0.808. The zero-order chi connectivity index (χ0) is 14.5. The number of aliphatic hydroxyl groups excluding tert-OH is 1. The van der Waals surface area contributed by atoms with E-state index in [1.165, 1.54) is 0 Å². The first-order valence-electron chi connectivity index (χ1n) is 6.38. The third kappa shape index (κ3) is 4.63. The van der Waals surface area contributed by atoms with E-state index in [2.05, 4.69) is 15.6 Å². The number of pyridine rings is 1. The second-order valence-corrected chi connectivity index (χ2v) is 5.06. The number of rotatable bonds is 7. The quantitative estimate of drug-likeness (QED) is 0.715. The Hall–Kier alpha value is -1.43. The molecule has 0 radical (unpaired) electrons. The number of hydrogen-bond acceptors (Lipinski definition) is 4. The monoisotopic (exact) mass is 273 g/mol. The first-order chi connectivity index (χ1) is 8.89. The second-order valence-electron chi connectivity index (χ2n) is 5.06. The van der Waals surface area contributed by atoms with E-state index in [4.69, 9.17) is 5.11 Å². The van der Waals surface area contributed by atoms with Crippen LogP contribution in [0.4, 0.5) is 20.4 Å². The molecule has 4 nitrogen and oxygen atoms in total. The van der Waals surface area contributed by atoms with Crippen LogP contribution in [0.5, 0.6) is 0 Å². The van der Waals surface area contributed by atoms with Gasteiger partial charge in [0.1, 0.15) is 0 Å². The summed E-state index contributed by atoms with van der Waals surface area (Å²) < 4.78 is 27.2. The van der Waals surface area contributed by atoms with Crippen LogP contribution < -0.4 is 10.6 Å². The van der Waals surface area contributed by atoms with Crippen molar-refractivity contribution in [3.05, 3.63) is 17.7 Å². The van der Waals surface area contributed by atoms with Crippen LogP contribution in [0, 0.1) is 11.6 Å². The highest BCUT2D eigenvalue weighted by molar-refractivity contribution is 5.48. The molecule has 0 aliphatic rings. The lowest BCUT2D eigenvalue weighted by atomic mass is 10.0. The summed E-state index contributed by atoms with van der Waals surface area (Å²) in [4.78, 5) is 3.92. The second kappa shape index (κ2) is 6.65. The van der Waals surface area contributed by atoms with Gasteiger partial charge in [-0.1, -0.05) is 6.92 Å². The number of hydrogen-bond donors (Lipinski definition) is 3. The topological polar surface area (TPSA) is 57.2 Å². The molecule has 1 aromatic heterocycles. The minimum absolute atomic E-state index is 0.0153. The highest BCUT2D eigenvalue weighted by Gasteiger charge is 2.20. The Bertz CT molecular complexity index is 425. The summed E-state index contributed by atoms with van der Waals surface area (Å²) >= 11 is 0. The molecule has 1 aromatic rings. The molecule has 0 amide bonds. The van der Waals surface area contributed by atoms with Crippen molar-refractivity contribution in [1.29, 1.82) is 0 Å². The minimum atomic E-state index is -0.745. The first-order valence-corrected chi connectivity index (χ1v) is 6.38. The van der Waals surface area contributed by atoms with Gasteiger partial charge in [0.2, 0.25) is 0 Å². The van der Waals surface area contributed by atoms with Gasteiger partial charge >= 0.3 is 0 Å². The number of nitrogens with zero attached hydrogens (tertiary/aromatic N) is 1. The van der Waals surface area contributed by atoms with Gasteiger partial charge in [-0.2, -0.15) is 0 Å². The summed E-state index contributed by atoms with van der Waals surface area (Å²) in [6.07, 6.45) is 1.25. The van der Waals surface area contributed by atoms with Crippen LogP contribution in [0.1, 0.15) is 33.6 Å². The molecule has 0 aliphatic carbocycles. The molecule has 0 atom stereocenters. The van der Waals surface area contributed by atoms with E-state index in [1.807, 2.05) is 20.8 Å². The molecule has 0 unspecified atom stereocenters. The maximum atomic E-state index is 13.7. The van der Waals surface area contributed by atoms with E-state index in [9.17, 15) is 8.78 Å². The van der Waals surface area contributed by atoms with E-state index < -0.39 is 17.2 Å². The van der Waals surface area contributed by atoms with Crippen LogP contribution in [-0.2, 0) is 0 Å². The van der Waals surface area contributed by atoms with E-state index in [-0.39, 0.29) is 18.2 Å². The molecule has 0 aromatic carbocycles. The molecule has 0 bridgehead atoms. The lowest BCUT2D eigenvalue weighted by molar-refractivity contribution is 0.260. The molecule has 0 saturated carbocycles. The summed E-state index contributed by atoms with van der Waals surface area (Å²) in [6.45, 7) is 6.11. The van der Waals surface area contributed by atoms with Crippen LogP contribution in [-0.4, -0.2) is 28.8 Å². The van der Waals surface area contributed by atoms with Crippen LogP contribution in [0.25, 0.3) is 0 Å². The average molecular weight is 273 g/mol. The fraction of sp³-hybridized carbons (Fsp3) is 0.615. The molecule has 0 saturated heterocycles. The molecular formula is C13H21F2N3O. The van der Waals surface area contributed by atoms with Gasteiger partial charge in [0.25, 0.3) is 0 Å².